The molecule has 2 aromatic heterocycles. The molecule has 0 fully saturated rings. The van der Waals surface area contributed by atoms with Crippen molar-refractivity contribution in [1.82, 2.24) is 24.5 Å². The number of rotatable bonds is 6. The largest absolute Gasteiger partial charge is 0.336 e. The van der Waals surface area contributed by atoms with Crippen LogP contribution in [0.5, 0.6) is 0 Å². The molecule has 0 N–H and O–H groups in total. The third kappa shape index (κ3) is 3.85. The monoisotopic (exact) mass is 351 g/mol. The number of hydrogen-bond donors (Lipinski definition) is 0. The average molecular weight is 351 g/mol. The summed E-state index contributed by atoms with van der Waals surface area (Å²) in [7, 11) is 1.82. The summed E-state index contributed by atoms with van der Waals surface area (Å²) in [5.41, 5.74) is 4.99. The van der Waals surface area contributed by atoms with Crippen LogP contribution in [-0.2, 0) is 19.6 Å². The molecule has 136 valence electrons. The van der Waals surface area contributed by atoms with Gasteiger partial charge >= 0.3 is 0 Å². The SMILES string of the molecule is CCn1nccc1CN(C)C(=O)c1ccc(Cn2nc(C)cc2C)cc1. The number of hydrogen-bond acceptors (Lipinski definition) is 3. The van der Waals surface area contributed by atoms with Gasteiger partial charge in [0.15, 0.2) is 0 Å². The van der Waals surface area contributed by atoms with Gasteiger partial charge in [-0.3, -0.25) is 14.2 Å². The summed E-state index contributed by atoms with van der Waals surface area (Å²) in [4.78, 5) is 14.4. The van der Waals surface area contributed by atoms with E-state index >= 15 is 0 Å². The zero-order valence-corrected chi connectivity index (χ0v) is 15.8. The molecule has 3 rings (SSSR count). The quantitative estimate of drug-likeness (QED) is 0.686. The first-order valence-electron chi connectivity index (χ1n) is 8.84. The Balaban J connectivity index is 1.67. The van der Waals surface area contributed by atoms with Crippen molar-refractivity contribution >= 4 is 5.91 Å². The molecule has 26 heavy (non-hydrogen) atoms. The van der Waals surface area contributed by atoms with Gasteiger partial charge in [0, 0.05) is 31.0 Å². The van der Waals surface area contributed by atoms with Crippen LogP contribution in [0.25, 0.3) is 0 Å². The van der Waals surface area contributed by atoms with E-state index in [1.165, 1.54) is 0 Å². The minimum Gasteiger partial charge on any atom is -0.336 e. The Morgan fingerprint density at radius 3 is 2.46 bits per heavy atom. The summed E-state index contributed by atoms with van der Waals surface area (Å²) < 4.78 is 3.88. The number of nitrogens with zero attached hydrogens (tertiary/aromatic N) is 5. The van der Waals surface area contributed by atoms with Crippen LogP contribution in [0.4, 0.5) is 0 Å². The molecular weight excluding hydrogens is 326 g/mol. The van der Waals surface area contributed by atoms with Crippen molar-refractivity contribution in [2.45, 2.75) is 40.4 Å². The Labute approximate surface area is 154 Å². The van der Waals surface area contributed by atoms with Gasteiger partial charge in [0.1, 0.15) is 0 Å². The Bertz CT molecular complexity index is 891. The van der Waals surface area contributed by atoms with Crippen LogP contribution < -0.4 is 0 Å². The second-order valence-electron chi connectivity index (χ2n) is 6.58. The average Bonchev–Trinajstić information content (AvgIpc) is 3.20. The molecule has 0 aliphatic rings. The van der Waals surface area contributed by atoms with Gasteiger partial charge in [-0.15, -0.1) is 0 Å². The van der Waals surface area contributed by atoms with Gasteiger partial charge in [0.25, 0.3) is 5.91 Å². The van der Waals surface area contributed by atoms with E-state index in [2.05, 4.69) is 16.3 Å². The predicted octanol–water partition coefficient (Wildman–Crippen LogP) is 3.04. The standard InChI is InChI=1S/C20H25N5O/c1-5-24-19(10-11-21-24)14-23(4)20(26)18-8-6-17(7-9-18)13-25-16(3)12-15(2)22-25/h6-12H,5,13-14H2,1-4H3. The van der Waals surface area contributed by atoms with Gasteiger partial charge < -0.3 is 4.90 Å². The van der Waals surface area contributed by atoms with E-state index in [1.807, 2.05) is 67.5 Å². The number of amides is 1. The summed E-state index contributed by atoms with van der Waals surface area (Å²) in [6, 6.07) is 11.8. The molecule has 0 saturated carbocycles. The van der Waals surface area contributed by atoms with E-state index in [9.17, 15) is 4.79 Å². The maximum Gasteiger partial charge on any atom is 0.253 e. The molecule has 6 heteroatoms. The van der Waals surface area contributed by atoms with Gasteiger partial charge in [0.2, 0.25) is 0 Å². The molecular formula is C20H25N5O. The van der Waals surface area contributed by atoms with Crippen LogP contribution in [-0.4, -0.2) is 37.4 Å². The molecule has 0 atom stereocenters. The Hall–Kier alpha value is -2.89. The van der Waals surface area contributed by atoms with Gasteiger partial charge in [-0.05, 0) is 50.6 Å². The maximum absolute atomic E-state index is 12.7. The molecule has 1 amide bonds. The highest BCUT2D eigenvalue weighted by atomic mass is 16.2. The number of aryl methyl sites for hydroxylation is 3. The number of carbonyl (C=O) groups excluding carboxylic acids is 1. The van der Waals surface area contributed by atoms with Crippen molar-refractivity contribution in [3.8, 4) is 0 Å². The van der Waals surface area contributed by atoms with Gasteiger partial charge in [-0.1, -0.05) is 12.1 Å². The first-order chi connectivity index (χ1) is 12.5. The van der Waals surface area contributed by atoms with Crippen molar-refractivity contribution in [2.75, 3.05) is 7.05 Å². The van der Waals surface area contributed by atoms with Crippen LogP contribution in [0.1, 0.15) is 39.9 Å². The fraction of sp³-hybridized carbons (Fsp3) is 0.350. The lowest BCUT2D eigenvalue weighted by Gasteiger charge is -2.18. The highest BCUT2D eigenvalue weighted by Crippen LogP contribution is 2.12. The molecule has 0 spiro atoms. The highest BCUT2D eigenvalue weighted by molar-refractivity contribution is 5.94. The van der Waals surface area contributed by atoms with Crippen molar-refractivity contribution in [1.29, 1.82) is 0 Å². The Kier molecular flexibility index (Phi) is 5.21. The molecule has 1 aromatic carbocycles. The highest BCUT2D eigenvalue weighted by Gasteiger charge is 2.14. The molecule has 0 bridgehead atoms. The number of aromatic nitrogens is 4. The van der Waals surface area contributed by atoms with Gasteiger partial charge in [-0.2, -0.15) is 10.2 Å². The summed E-state index contributed by atoms with van der Waals surface area (Å²) in [6.07, 6.45) is 1.77. The topological polar surface area (TPSA) is 56.0 Å². The molecule has 6 nitrogen and oxygen atoms in total. The third-order valence-electron chi connectivity index (χ3n) is 4.49. The smallest absolute Gasteiger partial charge is 0.253 e. The van der Waals surface area contributed by atoms with Crippen molar-refractivity contribution in [2.24, 2.45) is 0 Å². The Morgan fingerprint density at radius 1 is 1.12 bits per heavy atom. The van der Waals surface area contributed by atoms with E-state index < -0.39 is 0 Å². The molecule has 2 heterocycles. The second kappa shape index (κ2) is 7.56. The van der Waals surface area contributed by atoms with Gasteiger partial charge in [-0.25, -0.2) is 0 Å². The normalized spacial score (nSPS) is 10.9. The zero-order chi connectivity index (χ0) is 18.7. The first-order valence-corrected chi connectivity index (χ1v) is 8.84. The van der Waals surface area contributed by atoms with Crippen LogP contribution in [0, 0.1) is 13.8 Å². The minimum atomic E-state index is 0.00603. The number of carbonyl (C=O) groups is 1. The lowest BCUT2D eigenvalue weighted by Crippen LogP contribution is -2.27. The Morgan fingerprint density at radius 2 is 1.85 bits per heavy atom. The van der Waals surface area contributed by atoms with Gasteiger partial charge in [0.05, 0.1) is 24.5 Å². The van der Waals surface area contributed by atoms with Crippen LogP contribution >= 0.6 is 0 Å². The molecule has 3 aromatic rings. The number of benzene rings is 1. The van der Waals surface area contributed by atoms with E-state index in [4.69, 9.17) is 0 Å². The fourth-order valence-electron chi connectivity index (χ4n) is 3.07. The van der Waals surface area contributed by atoms with Crippen LogP contribution in [0.15, 0.2) is 42.6 Å². The van der Waals surface area contributed by atoms with Crippen LogP contribution in [0.3, 0.4) is 0 Å². The summed E-state index contributed by atoms with van der Waals surface area (Å²) in [6.45, 7) is 8.13. The van der Waals surface area contributed by atoms with Crippen molar-refractivity contribution in [3.63, 3.8) is 0 Å². The van der Waals surface area contributed by atoms with E-state index in [1.54, 1.807) is 11.1 Å². The third-order valence-corrected chi connectivity index (χ3v) is 4.49. The first kappa shape index (κ1) is 17.9. The zero-order valence-electron chi connectivity index (χ0n) is 15.8. The van der Waals surface area contributed by atoms with E-state index in [-0.39, 0.29) is 5.91 Å². The maximum atomic E-state index is 12.7. The molecule has 0 aliphatic carbocycles. The molecule has 0 saturated heterocycles. The molecule has 0 unspecified atom stereocenters. The summed E-state index contributed by atoms with van der Waals surface area (Å²) in [5, 5.41) is 8.73. The molecule has 0 radical (unpaired) electrons. The predicted molar refractivity (Wildman–Crippen MR) is 101 cm³/mol. The minimum absolute atomic E-state index is 0.00603. The van der Waals surface area contributed by atoms with Crippen molar-refractivity contribution in [3.05, 3.63) is 70.8 Å². The van der Waals surface area contributed by atoms with E-state index in [0.29, 0.717) is 18.7 Å². The van der Waals surface area contributed by atoms with Crippen molar-refractivity contribution < 1.29 is 4.79 Å². The second-order valence-corrected chi connectivity index (χ2v) is 6.58. The van der Waals surface area contributed by atoms with E-state index in [0.717, 1.165) is 29.2 Å². The summed E-state index contributed by atoms with van der Waals surface area (Å²) in [5.74, 6) is 0.00603. The van der Waals surface area contributed by atoms with Crippen LogP contribution in [0.2, 0.25) is 0 Å². The lowest BCUT2D eigenvalue weighted by molar-refractivity contribution is 0.0781. The summed E-state index contributed by atoms with van der Waals surface area (Å²) >= 11 is 0. The molecule has 0 aliphatic heterocycles. The lowest BCUT2D eigenvalue weighted by atomic mass is 10.1. The fourth-order valence-corrected chi connectivity index (χ4v) is 3.07.